The Morgan fingerprint density at radius 2 is 0.580 bits per heavy atom. The molecule has 3 aromatic heterocycles. The first-order valence-corrected chi connectivity index (χ1v) is 34.8. The van der Waals surface area contributed by atoms with Crippen LogP contribution < -0.4 is 18.9 Å². The van der Waals surface area contributed by atoms with Crippen molar-refractivity contribution in [2.24, 2.45) is 0 Å². The minimum atomic E-state index is -0.271. The molecule has 0 amide bonds. The van der Waals surface area contributed by atoms with E-state index in [2.05, 4.69) is 9.97 Å². The highest BCUT2D eigenvalue weighted by atomic mass is 32.2. The average molecular weight is 1290 g/mol. The second kappa shape index (κ2) is 34.7. The number of nitrogens with zero attached hydrogens (tertiary/aromatic N) is 6. The van der Waals surface area contributed by atoms with Gasteiger partial charge in [-0.25, -0.2) is 29.9 Å². The van der Waals surface area contributed by atoms with E-state index in [-0.39, 0.29) is 74.0 Å². The second-order valence-corrected chi connectivity index (χ2v) is 26.3. The summed E-state index contributed by atoms with van der Waals surface area (Å²) in [6.45, 7) is 24.9. The Bertz CT molecular complexity index is 3040. The second-order valence-electron chi connectivity index (χ2n) is 21.9. The zero-order valence-electron chi connectivity index (χ0n) is 53.0. The van der Waals surface area contributed by atoms with Crippen molar-refractivity contribution in [2.45, 2.75) is 185 Å². The lowest BCUT2D eigenvalue weighted by atomic mass is 10.1. The van der Waals surface area contributed by atoms with Crippen molar-refractivity contribution in [3.8, 4) is 23.0 Å². The van der Waals surface area contributed by atoms with Crippen molar-refractivity contribution in [2.75, 3.05) is 49.4 Å². The van der Waals surface area contributed by atoms with Gasteiger partial charge in [0.2, 0.25) is 0 Å². The van der Waals surface area contributed by atoms with E-state index in [4.69, 9.17) is 67.8 Å². The van der Waals surface area contributed by atoms with Gasteiger partial charge in [0.05, 0.1) is 92.0 Å². The zero-order valence-corrected chi connectivity index (χ0v) is 56.2. The highest BCUT2D eigenvalue weighted by Gasteiger charge is 2.30. The maximum atomic E-state index is 12.9. The molecule has 0 fully saturated rings. The molecule has 7 rings (SSSR count). The van der Waals surface area contributed by atoms with E-state index in [9.17, 15) is 19.2 Å². The van der Waals surface area contributed by atoms with Crippen LogP contribution in [0.5, 0.6) is 23.0 Å². The molecule has 88 heavy (non-hydrogen) atoms. The van der Waals surface area contributed by atoms with Crippen LogP contribution in [0.2, 0.25) is 0 Å². The summed E-state index contributed by atoms with van der Waals surface area (Å²) < 4.78 is 48.4. The fourth-order valence-corrected chi connectivity index (χ4v) is 13.5. The molecule has 20 nitrogen and oxygen atoms in total. The van der Waals surface area contributed by atoms with Crippen LogP contribution in [0.4, 0.5) is 0 Å². The lowest BCUT2D eigenvalue weighted by Crippen LogP contribution is -2.08. The monoisotopic (exact) mass is 1290 g/mol. The van der Waals surface area contributed by atoms with Crippen LogP contribution in [0, 0.1) is 0 Å². The molecule has 2 aliphatic heterocycles. The van der Waals surface area contributed by atoms with Crippen LogP contribution in [0.3, 0.4) is 0 Å². The van der Waals surface area contributed by atoms with Gasteiger partial charge in [-0.2, -0.15) is 0 Å². The molecule has 5 heterocycles. The predicted molar refractivity (Wildman–Crippen MR) is 356 cm³/mol. The lowest BCUT2D eigenvalue weighted by molar-refractivity contribution is -0.144. The van der Waals surface area contributed by atoms with Crippen molar-refractivity contribution < 1.29 is 57.1 Å². The number of hydrogen-bond acceptors (Lipinski definition) is 22. The van der Waals surface area contributed by atoms with Crippen molar-refractivity contribution in [1.82, 2.24) is 39.9 Å². The number of esters is 4. The molecule has 5 aromatic rings. The first kappa shape index (κ1) is 69.2. The van der Waals surface area contributed by atoms with Crippen LogP contribution in [0.25, 0.3) is 63.8 Å². The van der Waals surface area contributed by atoms with Gasteiger partial charge in [-0.15, -0.1) is 47.0 Å². The van der Waals surface area contributed by atoms with Crippen LogP contribution >= 0.6 is 47.0 Å². The van der Waals surface area contributed by atoms with Gasteiger partial charge in [-0.3, -0.25) is 19.2 Å². The molecular formula is C64H86N8O12S4. The molecule has 0 spiro atoms. The summed E-state index contributed by atoms with van der Waals surface area (Å²) in [5.41, 5.74) is 1.47. The van der Waals surface area contributed by atoms with Crippen LogP contribution in [0.1, 0.15) is 183 Å². The molecule has 0 aliphatic carbocycles. The molecule has 478 valence electrons. The first-order valence-electron chi connectivity index (χ1n) is 30.9. The lowest BCUT2D eigenvalue weighted by Gasteiger charge is -2.15. The number of fused-ring (bicyclic) bond motifs is 14. The van der Waals surface area contributed by atoms with Crippen LogP contribution in [0.15, 0.2) is 24.3 Å². The third kappa shape index (κ3) is 19.4. The number of nitrogens with one attached hydrogen (secondary N) is 2. The summed E-state index contributed by atoms with van der Waals surface area (Å²) in [6.07, 6.45) is 4.71. The van der Waals surface area contributed by atoms with E-state index >= 15 is 0 Å². The highest BCUT2D eigenvalue weighted by Crippen LogP contribution is 2.48. The fourth-order valence-electron chi connectivity index (χ4n) is 9.06. The third-order valence-corrected chi connectivity index (χ3v) is 17.5. The van der Waals surface area contributed by atoms with Crippen molar-refractivity contribution in [1.29, 1.82) is 0 Å². The van der Waals surface area contributed by atoms with E-state index in [1.165, 1.54) is 47.0 Å². The maximum Gasteiger partial charge on any atom is 0.305 e. The van der Waals surface area contributed by atoms with Gasteiger partial charge in [0, 0.05) is 25.7 Å². The number of hydrogen-bond donors (Lipinski definition) is 2. The molecule has 0 atom stereocenters. The molecule has 0 radical (unpaired) electrons. The Morgan fingerprint density at radius 1 is 0.364 bits per heavy atom. The topological polar surface area (TPSA) is 251 Å². The van der Waals surface area contributed by atoms with Crippen LogP contribution in [-0.4, -0.2) is 138 Å². The molecule has 0 saturated heterocycles. The maximum absolute atomic E-state index is 12.9. The first-order chi connectivity index (χ1) is 42.4. The van der Waals surface area contributed by atoms with Gasteiger partial charge in [0.15, 0.2) is 23.3 Å². The molecule has 8 bridgehead atoms. The van der Waals surface area contributed by atoms with Gasteiger partial charge in [0.25, 0.3) is 0 Å². The number of carbonyl (C=O) groups is 4. The summed E-state index contributed by atoms with van der Waals surface area (Å²) in [4.78, 5) is 94.1. The van der Waals surface area contributed by atoms with Gasteiger partial charge < -0.3 is 47.9 Å². The third-order valence-electron chi connectivity index (χ3n) is 12.6. The van der Waals surface area contributed by atoms with E-state index in [1.807, 2.05) is 107 Å². The normalized spacial score (nSPS) is 12.5. The van der Waals surface area contributed by atoms with E-state index < -0.39 is 0 Å². The number of H-pyrrole nitrogens is 2. The summed E-state index contributed by atoms with van der Waals surface area (Å²) in [7, 11) is 0. The average Bonchev–Trinajstić information content (AvgIpc) is 1.65. The van der Waals surface area contributed by atoms with Crippen LogP contribution in [-0.2, 0) is 38.1 Å². The number of carbonyl (C=O) groups excluding carboxylic acids is 4. The molecule has 2 N–H and O–H groups in total. The Balaban J connectivity index is 1.62. The van der Waals surface area contributed by atoms with Crippen molar-refractivity contribution >= 4 is 135 Å². The van der Waals surface area contributed by atoms with Gasteiger partial charge in [0.1, 0.15) is 45.6 Å². The van der Waals surface area contributed by atoms with Gasteiger partial charge >= 0.3 is 23.9 Å². The standard InChI is InChI=1S/C64H86N8O12S4/c1-13-29-77-45(73)21-17-33-85-53-54(86-34-18-22-46(74)78-30-14-2)62-68-58-51-43(83-39(9)10)27-28-44(84-40(11)12)52(51)60(66-58)70-64-56(88-36-20-24-48(76)80-32-16-4)55(87-35-19-23-47(75)79-31-15-3)63(72-64)69-59-50-42(82-38(7)8)26-25-41(81-37(5)6)49(50)57(65-59)67-61(53)71-62/h25-28,37-40H,13-24,29-36H2,1-12H3,(H2,65,66,67,68,69,70,71,72). The quantitative estimate of drug-likeness (QED) is 0.0215. The Kier molecular flexibility index (Phi) is 27.3. The molecule has 24 heteroatoms. The number of ether oxygens (including phenoxy) is 8. The molecular weight excluding hydrogens is 1200 g/mol. The number of thioether (sulfide) groups is 4. The minimum absolute atomic E-state index is 0.213. The van der Waals surface area contributed by atoms with Gasteiger partial charge in [-0.1, -0.05) is 27.7 Å². The molecule has 0 saturated carbocycles. The minimum Gasteiger partial charge on any atom is -0.490 e. The number of benzene rings is 2. The number of rotatable bonds is 36. The van der Waals surface area contributed by atoms with E-state index in [0.717, 1.165) is 25.7 Å². The number of aromatic amines is 2. The molecule has 2 aliphatic rings. The van der Waals surface area contributed by atoms with Crippen molar-refractivity contribution in [3.05, 3.63) is 47.6 Å². The summed E-state index contributed by atoms with van der Waals surface area (Å²) in [5, 5.41) is 2.33. The Morgan fingerprint density at radius 3 is 0.773 bits per heavy atom. The number of aromatic nitrogens is 8. The zero-order chi connectivity index (χ0) is 63.3. The Hall–Kier alpha value is -6.24. The summed E-state index contributed by atoms with van der Waals surface area (Å²) in [6, 6.07) is 7.49. The summed E-state index contributed by atoms with van der Waals surface area (Å²) in [5.74, 6) is 4.29. The molecule has 2 aromatic carbocycles. The van der Waals surface area contributed by atoms with E-state index in [1.54, 1.807) is 0 Å². The van der Waals surface area contributed by atoms with E-state index in [0.29, 0.717) is 185 Å². The highest BCUT2D eigenvalue weighted by molar-refractivity contribution is 8.14. The summed E-state index contributed by atoms with van der Waals surface area (Å²) >= 11 is 6.02. The Labute approximate surface area is 533 Å². The fraction of sp³-hybridized carbons (Fsp3) is 0.562. The predicted octanol–water partition coefficient (Wildman–Crippen LogP) is 14.9. The smallest absolute Gasteiger partial charge is 0.305 e. The van der Waals surface area contributed by atoms with Gasteiger partial charge in [-0.05, 0) is 154 Å². The molecule has 0 unspecified atom stereocenters. The SMILES string of the molecule is CCCOC(=O)CCCSC1=C(SCCCC(=O)OCCC)c2nc1nc1[nH]c(nc3nc(nc4[nH]c(n2)c2c(OC(C)C)ccc(OC(C)C)c42)C(SCCCC(=O)OCCC)=C3SCCCC(=O)OCCC)c2c(OC(C)C)ccc(OC(C)C)c12. The largest absolute Gasteiger partial charge is 0.490 e. The van der Waals surface area contributed by atoms with Crippen molar-refractivity contribution in [3.63, 3.8) is 0 Å².